The number of alkyl halides is 3. The number of benzene rings is 4. The minimum Gasteiger partial charge on any atom is -0.420 e. The van der Waals surface area contributed by atoms with E-state index in [1.165, 1.54) is 67.8 Å². The lowest BCUT2D eigenvalue weighted by atomic mass is 9.95. The van der Waals surface area contributed by atoms with Crippen LogP contribution in [0.3, 0.4) is 0 Å². The lowest BCUT2D eigenvalue weighted by molar-refractivity contribution is -0.189. The summed E-state index contributed by atoms with van der Waals surface area (Å²) in [6.07, 6.45) is 3.86. The fourth-order valence-corrected chi connectivity index (χ4v) is 7.17. The number of carbonyl (C=O) groups excluding carboxylic acids is 3. The monoisotopic (exact) mass is 741 g/mol. The third-order valence-electron chi connectivity index (χ3n) is 10.0. The van der Waals surface area contributed by atoms with Gasteiger partial charge in [0.05, 0.1) is 0 Å². The number of piperidine rings is 2. The Labute approximate surface area is 312 Å². The van der Waals surface area contributed by atoms with Gasteiger partial charge >= 0.3 is 12.1 Å². The minimum absolute atomic E-state index is 0.00609. The Balaban J connectivity index is 1.17. The summed E-state index contributed by atoms with van der Waals surface area (Å²) >= 11 is 0. The number of amides is 2. The van der Waals surface area contributed by atoms with E-state index < -0.39 is 18.0 Å². The largest absolute Gasteiger partial charge is 0.491 e. The second kappa shape index (κ2) is 17.7. The number of esters is 1. The van der Waals surface area contributed by atoms with Gasteiger partial charge in [0.1, 0.15) is 11.6 Å². The van der Waals surface area contributed by atoms with Crippen LogP contribution in [-0.4, -0.2) is 77.4 Å². The van der Waals surface area contributed by atoms with Crippen LogP contribution in [0.1, 0.15) is 59.2 Å². The van der Waals surface area contributed by atoms with Crippen LogP contribution >= 0.6 is 0 Å². The Kier molecular flexibility index (Phi) is 12.6. The maximum absolute atomic E-state index is 13.9. The standard InChI is InChI=1S/C43H43F4N3O4/c44-35-11-7-8-32(29-35)16-19-40(51)50(25-20-31-14-17-37(18-15-31)54-42(53)43(45,46)47)30-33-9-6-10-34(28-33)38-12-2-3-13-39(38)41(52)49-26-21-36(22-27-49)48-23-4-1-5-24-48/h2-3,6-19,28-29,36H,1,4-5,20-27,30H2. The average Bonchev–Trinajstić information content (AvgIpc) is 3.19. The summed E-state index contributed by atoms with van der Waals surface area (Å²) in [6.45, 7) is 4.17. The van der Waals surface area contributed by atoms with Crippen molar-refractivity contribution in [3.8, 4) is 16.9 Å². The SMILES string of the molecule is O=C(C=Cc1cccc(F)c1)N(CCc1ccc(OC(=O)C(F)(F)F)cc1)Cc1cccc(-c2ccccc2C(=O)N2CCC(N3CCCCC3)CC2)c1. The summed E-state index contributed by atoms with van der Waals surface area (Å²) in [5, 5.41) is 0. The molecule has 0 N–H and O–H groups in total. The number of nitrogens with zero attached hydrogens (tertiary/aromatic N) is 3. The molecule has 0 aliphatic carbocycles. The highest BCUT2D eigenvalue weighted by Crippen LogP contribution is 2.29. The molecule has 0 radical (unpaired) electrons. The maximum Gasteiger partial charge on any atom is 0.491 e. The van der Waals surface area contributed by atoms with Crippen molar-refractivity contribution < 1.29 is 36.7 Å². The number of ether oxygens (including phenoxy) is 1. The van der Waals surface area contributed by atoms with Gasteiger partial charge in [0.15, 0.2) is 0 Å². The van der Waals surface area contributed by atoms with Crippen molar-refractivity contribution in [1.82, 2.24) is 14.7 Å². The van der Waals surface area contributed by atoms with E-state index in [1.54, 1.807) is 17.0 Å². The molecule has 4 aromatic rings. The quantitative estimate of drug-likeness (QED) is 0.0670. The Morgan fingerprint density at radius 1 is 0.796 bits per heavy atom. The van der Waals surface area contributed by atoms with E-state index in [4.69, 9.17) is 0 Å². The molecular formula is C43H43F4N3O4. The Bertz CT molecular complexity index is 1950. The number of likely N-dealkylation sites (tertiary alicyclic amines) is 2. The predicted octanol–water partition coefficient (Wildman–Crippen LogP) is 8.34. The normalized spacial score (nSPS) is 15.7. The molecule has 2 heterocycles. The van der Waals surface area contributed by atoms with Gasteiger partial charge in [-0.1, -0.05) is 67.1 Å². The number of hydrogen-bond acceptors (Lipinski definition) is 5. The molecular weight excluding hydrogens is 698 g/mol. The molecule has 0 spiro atoms. The van der Waals surface area contributed by atoms with Gasteiger partial charge in [0.2, 0.25) is 5.91 Å². The molecule has 0 saturated carbocycles. The number of rotatable bonds is 11. The van der Waals surface area contributed by atoms with Crippen LogP contribution in [0.15, 0.2) is 103 Å². The zero-order valence-electron chi connectivity index (χ0n) is 29.9. The van der Waals surface area contributed by atoms with E-state index >= 15 is 0 Å². The van der Waals surface area contributed by atoms with E-state index in [9.17, 15) is 31.9 Å². The number of halogens is 4. The first-order chi connectivity index (χ1) is 26.0. The molecule has 2 aliphatic heterocycles. The van der Waals surface area contributed by atoms with Crippen molar-refractivity contribution in [1.29, 1.82) is 0 Å². The van der Waals surface area contributed by atoms with Crippen molar-refractivity contribution in [2.75, 3.05) is 32.7 Å². The van der Waals surface area contributed by atoms with Crippen molar-refractivity contribution in [2.24, 2.45) is 0 Å². The highest BCUT2D eigenvalue weighted by Gasteiger charge is 2.41. The minimum atomic E-state index is -5.11. The molecule has 0 aromatic heterocycles. The second-order valence-corrected chi connectivity index (χ2v) is 13.8. The van der Waals surface area contributed by atoms with Crippen LogP contribution in [0.25, 0.3) is 17.2 Å². The third kappa shape index (κ3) is 10.2. The third-order valence-corrected chi connectivity index (χ3v) is 10.0. The average molecular weight is 742 g/mol. The van der Waals surface area contributed by atoms with Crippen LogP contribution in [0, 0.1) is 5.82 Å². The van der Waals surface area contributed by atoms with Gasteiger partial charge in [0, 0.05) is 43.9 Å². The molecule has 2 saturated heterocycles. The molecule has 0 unspecified atom stereocenters. The van der Waals surface area contributed by atoms with Crippen molar-refractivity contribution >= 4 is 23.9 Å². The summed E-state index contributed by atoms with van der Waals surface area (Å²) in [5.74, 6) is -3.30. The predicted molar refractivity (Wildman–Crippen MR) is 199 cm³/mol. The van der Waals surface area contributed by atoms with Crippen LogP contribution in [0.2, 0.25) is 0 Å². The maximum atomic E-state index is 13.9. The van der Waals surface area contributed by atoms with Gasteiger partial charge in [-0.2, -0.15) is 13.2 Å². The summed E-state index contributed by atoms with van der Waals surface area (Å²) in [7, 11) is 0. The Morgan fingerprint density at radius 2 is 1.52 bits per heavy atom. The van der Waals surface area contributed by atoms with E-state index in [0.29, 0.717) is 29.2 Å². The van der Waals surface area contributed by atoms with E-state index in [0.717, 1.165) is 55.7 Å². The number of carbonyl (C=O) groups is 3. The van der Waals surface area contributed by atoms with E-state index in [2.05, 4.69) is 9.64 Å². The molecule has 0 bridgehead atoms. The fraction of sp³-hybridized carbons (Fsp3) is 0.326. The fourth-order valence-electron chi connectivity index (χ4n) is 7.17. The summed E-state index contributed by atoms with van der Waals surface area (Å²) < 4.78 is 56.1. The summed E-state index contributed by atoms with van der Waals surface area (Å²) in [6, 6.07) is 27.3. The topological polar surface area (TPSA) is 70.2 Å². The first-order valence-corrected chi connectivity index (χ1v) is 18.4. The van der Waals surface area contributed by atoms with Crippen molar-refractivity contribution in [2.45, 2.75) is 57.3 Å². The van der Waals surface area contributed by atoms with Crippen LogP contribution in [-0.2, 0) is 22.6 Å². The lowest BCUT2D eigenvalue weighted by Gasteiger charge is -2.40. The molecule has 7 nitrogen and oxygen atoms in total. The highest BCUT2D eigenvalue weighted by atomic mass is 19.4. The zero-order valence-corrected chi connectivity index (χ0v) is 29.9. The smallest absolute Gasteiger partial charge is 0.420 e. The van der Waals surface area contributed by atoms with E-state index in [1.807, 2.05) is 53.4 Å². The van der Waals surface area contributed by atoms with Gasteiger partial charge in [-0.15, -0.1) is 0 Å². The van der Waals surface area contributed by atoms with E-state index in [-0.39, 0.29) is 30.7 Å². The van der Waals surface area contributed by atoms with Gasteiger partial charge in [0.25, 0.3) is 5.91 Å². The van der Waals surface area contributed by atoms with Gasteiger partial charge < -0.3 is 19.4 Å². The van der Waals surface area contributed by atoms with Crippen LogP contribution in [0.5, 0.6) is 5.75 Å². The van der Waals surface area contributed by atoms with Gasteiger partial charge in [-0.05, 0) is 115 Å². The van der Waals surface area contributed by atoms with Gasteiger partial charge in [-0.3, -0.25) is 9.59 Å². The second-order valence-electron chi connectivity index (χ2n) is 13.8. The molecule has 282 valence electrons. The molecule has 11 heteroatoms. The molecule has 6 rings (SSSR count). The molecule has 4 aromatic carbocycles. The molecule has 54 heavy (non-hydrogen) atoms. The number of hydrogen-bond donors (Lipinski definition) is 0. The molecule has 2 fully saturated rings. The molecule has 0 atom stereocenters. The molecule has 2 amide bonds. The Morgan fingerprint density at radius 3 is 2.24 bits per heavy atom. The summed E-state index contributed by atoms with van der Waals surface area (Å²) in [5.41, 5.74) is 4.31. The zero-order chi connectivity index (χ0) is 38.1. The van der Waals surface area contributed by atoms with Crippen molar-refractivity contribution in [3.63, 3.8) is 0 Å². The van der Waals surface area contributed by atoms with Crippen LogP contribution in [0.4, 0.5) is 17.6 Å². The first kappa shape index (κ1) is 38.4. The lowest BCUT2D eigenvalue weighted by Crippen LogP contribution is -2.48. The Hall–Kier alpha value is -5.29. The molecule has 2 aliphatic rings. The first-order valence-electron chi connectivity index (χ1n) is 18.4. The highest BCUT2D eigenvalue weighted by molar-refractivity contribution is 6.01. The van der Waals surface area contributed by atoms with Crippen LogP contribution < -0.4 is 4.74 Å². The van der Waals surface area contributed by atoms with Gasteiger partial charge in [-0.25, -0.2) is 9.18 Å². The van der Waals surface area contributed by atoms with Crippen molar-refractivity contribution in [3.05, 3.63) is 131 Å². The summed E-state index contributed by atoms with van der Waals surface area (Å²) in [4.78, 5) is 44.9.